The molecule has 0 saturated carbocycles. The Morgan fingerprint density at radius 2 is 1.95 bits per heavy atom. The van der Waals surface area contributed by atoms with Crippen LogP contribution in [0.15, 0.2) is 24.3 Å². The van der Waals surface area contributed by atoms with Crippen molar-refractivity contribution in [2.75, 3.05) is 6.54 Å². The number of nitrogens with one attached hydrogen (secondary N) is 1. The molecule has 0 bridgehead atoms. The lowest BCUT2D eigenvalue weighted by Crippen LogP contribution is -2.24. The van der Waals surface area contributed by atoms with Gasteiger partial charge in [0.05, 0.1) is 0 Å². The van der Waals surface area contributed by atoms with Gasteiger partial charge >= 0.3 is 6.36 Å². The Morgan fingerprint density at radius 3 is 2.52 bits per heavy atom. The fourth-order valence-electron chi connectivity index (χ4n) is 2.15. The van der Waals surface area contributed by atoms with E-state index >= 15 is 0 Å². The van der Waals surface area contributed by atoms with Gasteiger partial charge in [-0.15, -0.1) is 13.2 Å². The lowest BCUT2D eigenvalue weighted by atomic mass is 9.94. The first kappa shape index (κ1) is 17.8. The third kappa shape index (κ3) is 6.85. The molecule has 1 aromatic carbocycles. The van der Waals surface area contributed by atoms with Crippen LogP contribution in [0.1, 0.15) is 51.6 Å². The minimum absolute atomic E-state index is 0.0525. The standard InChI is InChI=1S/C16H24F3NO/c1-4-9-20-15(10-12(3)5-2)13-7-6-8-14(11-13)21-16(17,18)19/h6-8,11-12,15,20H,4-5,9-10H2,1-3H3. The van der Waals surface area contributed by atoms with Gasteiger partial charge in [0.1, 0.15) is 5.75 Å². The predicted octanol–water partition coefficient (Wildman–Crippen LogP) is 5.06. The highest BCUT2D eigenvalue weighted by Crippen LogP contribution is 2.28. The predicted molar refractivity (Wildman–Crippen MR) is 78.2 cm³/mol. The second-order valence-electron chi connectivity index (χ2n) is 5.38. The van der Waals surface area contributed by atoms with Crippen LogP contribution in [-0.2, 0) is 0 Å². The van der Waals surface area contributed by atoms with Crippen molar-refractivity contribution in [3.05, 3.63) is 29.8 Å². The molecule has 0 heterocycles. The average Bonchev–Trinajstić information content (AvgIpc) is 2.41. The number of ether oxygens (including phenoxy) is 1. The largest absolute Gasteiger partial charge is 0.573 e. The van der Waals surface area contributed by atoms with Gasteiger partial charge in [0.15, 0.2) is 0 Å². The van der Waals surface area contributed by atoms with E-state index in [0.717, 1.165) is 31.4 Å². The lowest BCUT2D eigenvalue weighted by molar-refractivity contribution is -0.274. The normalized spacial score (nSPS) is 14.8. The molecule has 120 valence electrons. The first-order valence-electron chi connectivity index (χ1n) is 7.44. The fourth-order valence-corrected chi connectivity index (χ4v) is 2.15. The number of hydrogen-bond acceptors (Lipinski definition) is 2. The van der Waals surface area contributed by atoms with E-state index in [1.807, 2.05) is 6.07 Å². The van der Waals surface area contributed by atoms with Gasteiger partial charge in [0, 0.05) is 6.04 Å². The molecule has 1 aromatic rings. The summed E-state index contributed by atoms with van der Waals surface area (Å²) in [4.78, 5) is 0. The average molecular weight is 303 g/mol. The van der Waals surface area contributed by atoms with E-state index in [9.17, 15) is 13.2 Å². The summed E-state index contributed by atoms with van der Waals surface area (Å²) in [6, 6.07) is 6.31. The number of halogens is 3. The topological polar surface area (TPSA) is 21.3 Å². The molecule has 0 spiro atoms. The Kier molecular flexibility index (Phi) is 7.02. The van der Waals surface area contributed by atoms with Crippen molar-refractivity contribution in [2.24, 2.45) is 5.92 Å². The maximum atomic E-state index is 12.3. The van der Waals surface area contributed by atoms with Gasteiger partial charge in [-0.05, 0) is 43.0 Å². The highest BCUT2D eigenvalue weighted by Gasteiger charge is 2.31. The molecule has 0 aliphatic heterocycles. The summed E-state index contributed by atoms with van der Waals surface area (Å²) in [7, 11) is 0. The van der Waals surface area contributed by atoms with Crippen molar-refractivity contribution in [3.63, 3.8) is 0 Å². The summed E-state index contributed by atoms with van der Waals surface area (Å²) < 4.78 is 40.9. The van der Waals surface area contributed by atoms with E-state index in [0.29, 0.717) is 5.92 Å². The summed E-state index contributed by atoms with van der Waals surface area (Å²) in [6.07, 6.45) is -1.73. The minimum Gasteiger partial charge on any atom is -0.406 e. The molecule has 5 heteroatoms. The second-order valence-corrected chi connectivity index (χ2v) is 5.38. The van der Waals surface area contributed by atoms with E-state index in [2.05, 4.69) is 30.8 Å². The van der Waals surface area contributed by atoms with Crippen LogP contribution in [0.2, 0.25) is 0 Å². The van der Waals surface area contributed by atoms with Crippen LogP contribution >= 0.6 is 0 Å². The maximum absolute atomic E-state index is 12.3. The van der Waals surface area contributed by atoms with Gasteiger partial charge in [0.25, 0.3) is 0 Å². The summed E-state index contributed by atoms with van der Waals surface area (Å²) in [5, 5.41) is 3.40. The van der Waals surface area contributed by atoms with Gasteiger partial charge in [0.2, 0.25) is 0 Å². The molecule has 0 fully saturated rings. The van der Waals surface area contributed by atoms with E-state index in [4.69, 9.17) is 0 Å². The molecule has 0 saturated heterocycles. The third-order valence-electron chi connectivity index (χ3n) is 3.47. The molecule has 0 aliphatic carbocycles. The Hall–Kier alpha value is -1.23. The molecule has 0 amide bonds. The van der Waals surface area contributed by atoms with E-state index < -0.39 is 6.36 Å². The van der Waals surface area contributed by atoms with E-state index in [1.165, 1.54) is 12.1 Å². The fraction of sp³-hybridized carbons (Fsp3) is 0.625. The summed E-state index contributed by atoms with van der Waals surface area (Å²) in [5.74, 6) is 0.346. The van der Waals surface area contributed by atoms with Crippen molar-refractivity contribution < 1.29 is 17.9 Å². The molecule has 1 N–H and O–H groups in total. The van der Waals surface area contributed by atoms with Crippen LogP contribution in [-0.4, -0.2) is 12.9 Å². The van der Waals surface area contributed by atoms with Crippen LogP contribution in [0.4, 0.5) is 13.2 Å². The van der Waals surface area contributed by atoms with Gasteiger partial charge in [-0.2, -0.15) is 0 Å². The quantitative estimate of drug-likeness (QED) is 0.724. The zero-order valence-corrected chi connectivity index (χ0v) is 12.8. The molecule has 0 aliphatic rings. The first-order chi connectivity index (χ1) is 9.85. The van der Waals surface area contributed by atoms with Gasteiger partial charge < -0.3 is 10.1 Å². The smallest absolute Gasteiger partial charge is 0.406 e. The van der Waals surface area contributed by atoms with Crippen molar-refractivity contribution >= 4 is 0 Å². The van der Waals surface area contributed by atoms with Crippen LogP contribution in [0, 0.1) is 5.92 Å². The SMILES string of the molecule is CCCNC(CC(C)CC)c1cccc(OC(F)(F)F)c1. The minimum atomic E-state index is -4.65. The van der Waals surface area contributed by atoms with Crippen molar-refractivity contribution in [1.29, 1.82) is 0 Å². The van der Waals surface area contributed by atoms with Crippen molar-refractivity contribution in [3.8, 4) is 5.75 Å². The van der Waals surface area contributed by atoms with Gasteiger partial charge in [-0.3, -0.25) is 0 Å². The molecule has 2 atom stereocenters. The van der Waals surface area contributed by atoms with E-state index in [1.54, 1.807) is 6.07 Å². The number of rotatable bonds is 8. The van der Waals surface area contributed by atoms with Crippen LogP contribution < -0.4 is 10.1 Å². The summed E-state index contributed by atoms with van der Waals surface area (Å²) in [6.45, 7) is 7.17. The van der Waals surface area contributed by atoms with Gasteiger partial charge in [-0.25, -0.2) is 0 Å². The van der Waals surface area contributed by atoms with E-state index in [-0.39, 0.29) is 11.8 Å². The van der Waals surface area contributed by atoms with Crippen molar-refractivity contribution in [1.82, 2.24) is 5.32 Å². The molecule has 1 rings (SSSR count). The number of alkyl halides is 3. The maximum Gasteiger partial charge on any atom is 0.573 e. The Bertz CT molecular complexity index is 420. The lowest BCUT2D eigenvalue weighted by Gasteiger charge is -2.23. The molecule has 21 heavy (non-hydrogen) atoms. The highest BCUT2D eigenvalue weighted by molar-refractivity contribution is 5.30. The monoisotopic (exact) mass is 303 g/mol. The molecule has 2 nitrogen and oxygen atoms in total. The Morgan fingerprint density at radius 1 is 1.24 bits per heavy atom. The Balaban J connectivity index is 2.87. The first-order valence-corrected chi connectivity index (χ1v) is 7.44. The second kappa shape index (κ2) is 8.27. The molecule has 0 aromatic heterocycles. The highest BCUT2D eigenvalue weighted by atomic mass is 19.4. The Labute approximate surface area is 124 Å². The summed E-state index contributed by atoms with van der Waals surface area (Å²) in [5.41, 5.74) is 0.838. The zero-order chi connectivity index (χ0) is 15.9. The van der Waals surface area contributed by atoms with Crippen LogP contribution in [0.3, 0.4) is 0 Å². The summed E-state index contributed by atoms with van der Waals surface area (Å²) >= 11 is 0. The molecule has 0 radical (unpaired) electrons. The molecular weight excluding hydrogens is 279 g/mol. The zero-order valence-electron chi connectivity index (χ0n) is 12.8. The van der Waals surface area contributed by atoms with Crippen molar-refractivity contribution in [2.45, 2.75) is 52.4 Å². The van der Waals surface area contributed by atoms with Gasteiger partial charge in [-0.1, -0.05) is 39.3 Å². The third-order valence-corrected chi connectivity index (χ3v) is 3.47. The van der Waals surface area contributed by atoms with Crippen LogP contribution in [0.25, 0.3) is 0 Å². The molecular formula is C16H24F3NO. The number of hydrogen-bond donors (Lipinski definition) is 1. The van der Waals surface area contributed by atoms with Crippen LogP contribution in [0.5, 0.6) is 5.75 Å². The number of benzene rings is 1. The molecule has 2 unspecified atom stereocenters.